The van der Waals surface area contributed by atoms with Crippen molar-refractivity contribution in [3.05, 3.63) is 40.0 Å². The maximum absolute atomic E-state index is 11.0. The third kappa shape index (κ3) is 4.39. The van der Waals surface area contributed by atoms with Crippen LogP contribution in [0.2, 0.25) is 10.0 Å². The molecule has 3 rings (SSSR count). The van der Waals surface area contributed by atoms with Gasteiger partial charge in [0, 0.05) is 25.7 Å². The van der Waals surface area contributed by atoms with Crippen molar-refractivity contribution in [3.8, 4) is 0 Å². The summed E-state index contributed by atoms with van der Waals surface area (Å²) in [6.45, 7) is 1.35. The van der Waals surface area contributed by atoms with E-state index in [1.54, 1.807) is 12.1 Å². The molecule has 0 unspecified atom stereocenters. The molecule has 2 aromatic rings. The molecule has 10 heteroatoms. The maximum Gasteiger partial charge on any atom is 0.407 e. The number of nitrogen functional groups attached to an aromatic ring is 1. The second kappa shape index (κ2) is 7.84. The van der Waals surface area contributed by atoms with Crippen LogP contribution in [-0.4, -0.2) is 45.2 Å². The van der Waals surface area contributed by atoms with E-state index in [2.05, 4.69) is 20.6 Å². The zero-order chi connectivity index (χ0) is 18.7. The van der Waals surface area contributed by atoms with Crippen molar-refractivity contribution < 1.29 is 9.90 Å². The summed E-state index contributed by atoms with van der Waals surface area (Å²) in [5.74, 6) is 0.884. The molecule has 1 aliphatic heterocycles. The van der Waals surface area contributed by atoms with Gasteiger partial charge in [-0.25, -0.2) is 9.78 Å². The topological polar surface area (TPSA) is 116 Å². The van der Waals surface area contributed by atoms with Gasteiger partial charge in [0.1, 0.15) is 0 Å². The SMILES string of the molecule is Nc1cnc(NCc2ccc(Cl)c(Cl)c2)nc1N[C@@H]1CCN(C(=O)O)C1. The summed E-state index contributed by atoms with van der Waals surface area (Å²) in [5, 5.41) is 16.3. The molecule has 0 saturated carbocycles. The van der Waals surface area contributed by atoms with Gasteiger partial charge in [-0.05, 0) is 24.1 Å². The first kappa shape index (κ1) is 18.3. The lowest BCUT2D eigenvalue weighted by Gasteiger charge is -2.16. The highest BCUT2D eigenvalue weighted by molar-refractivity contribution is 6.42. The molecular formula is C16H18Cl2N6O2. The first-order valence-electron chi connectivity index (χ1n) is 7.97. The fraction of sp³-hybridized carbons (Fsp3) is 0.312. The second-order valence-electron chi connectivity index (χ2n) is 5.96. The minimum atomic E-state index is -0.922. The average Bonchev–Trinajstić information content (AvgIpc) is 3.07. The van der Waals surface area contributed by atoms with E-state index in [-0.39, 0.29) is 6.04 Å². The Morgan fingerprint density at radius 3 is 2.88 bits per heavy atom. The minimum Gasteiger partial charge on any atom is -0.465 e. The molecule has 5 N–H and O–H groups in total. The van der Waals surface area contributed by atoms with Crippen LogP contribution < -0.4 is 16.4 Å². The molecule has 8 nitrogen and oxygen atoms in total. The Hall–Kier alpha value is -2.45. The number of carbonyl (C=O) groups is 1. The lowest BCUT2D eigenvalue weighted by molar-refractivity contribution is 0.155. The number of nitrogens with two attached hydrogens (primary N) is 1. The summed E-state index contributed by atoms with van der Waals surface area (Å²) < 4.78 is 0. The monoisotopic (exact) mass is 396 g/mol. The zero-order valence-corrected chi connectivity index (χ0v) is 15.3. The predicted octanol–water partition coefficient (Wildman–Crippen LogP) is 3.14. The summed E-state index contributed by atoms with van der Waals surface area (Å²) in [7, 11) is 0. The molecule has 1 aliphatic rings. The lowest BCUT2D eigenvalue weighted by atomic mass is 10.2. The highest BCUT2D eigenvalue weighted by atomic mass is 35.5. The highest BCUT2D eigenvalue weighted by Crippen LogP contribution is 2.24. The van der Waals surface area contributed by atoms with E-state index in [0.29, 0.717) is 53.6 Å². The van der Waals surface area contributed by atoms with Crippen LogP contribution in [0.4, 0.5) is 22.2 Å². The van der Waals surface area contributed by atoms with E-state index >= 15 is 0 Å². The van der Waals surface area contributed by atoms with Crippen LogP contribution in [0.25, 0.3) is 0 Å². The third-order valence-electron chi connectivity index (χ3n) is 4.05. The average molecular weight is 397 g/mol. The molecule has 2 heterocycles. The van der Waals surface area contributed by atoms with Gasteiger partial charge in [-0.2, -0.15) is 4.98 Å². The number of aromatic nitrogens is 2. The molecule has 0 aliphatic carbocycles. The van der Waals surface area contributed by atoms with Gasteiger partial charge in [0.25, 0.3) is 0 Å². The van der Waals surface area contributed by atoms with Crippen molar-refractivity contribution in [2.24, 2.45) is 0 Å². The first-order chi connectivity index (χ1) is 12.4. The molecule has 1 fully saturated rings. The minimum absolute atomic E-state index is 0.0359. The van der Waals surface area contributed by atoms with Crippen molar-refractivity contribution in [1.29, 1.82) is 0 Å². The quantitative estimate of drug-likeness (QED) is 0.613. The van der Waals surface area contributed by atoms with Crippen LogP contribution in [0.15, 0.2) is 24.4 Å². The molecule has 138 valence electrons. The largest absolute Gasteiger partial charge is 0.465 e. The van der Waals surface area contributed by atoms with Gasteiger partial charge in [-0.3, -0.25) is 0 Å². The second-order valence-corrected chi connectivity index (χ2v) is 6.77. The Balaban J connectivity index is 1.64. The van der Waals surface area contributed by atoms with Crippen molar-refractivity contribution >= 4 is 46.7 Å². The standard InChI is InChI=1S/C16H18Cl2N6O2/c17-11-2-1-9(5-12(11)18)6-20-15-21-7-13(19)14(23-15)22-10-3-4-24(8-10)16(25)26/h1-2,5,7,10H,3-4,6,8,19H2,(H,25,26)(H2,20,21,22,23)/t10-/m1/s1. The predicted molar refractivity (Wildman–Crippen MR) is 102 cm³/mol. The number of nitrogens with one attached hydrogen (secondary N) is 2. The lowest BCUT2D eigenvalue weighted by Crippen LogP contribution is -2.30. The normalized spacial score (nSPS) is 16.5. The van der Waals surface area contributed by atoms with Crippen molar-refractivity contribution in [2.75, 3.05) is 29.5 Å². The molecule has 1 saturated heterocycles. The molecule has 1 atom stereocenters. The summed E-state index contributed by atoms with van der Waals surface area (Å²) >= 11 is 11.9. The van der Waals surface area contributed by atoms with Crippen molar-refractivity contribution in [3.63, 3.8) is 0 Å². The number of amides is 1. The Morgan fingerprint density at radius 2 is 2.19 bits per heavy atom. The van der Waals surface area contributed by atoms with E-state index in [9.17, 15) is 4.79 Å². The van der Waals surface area contributed by atoms with E-state index in [1.165, 1.54) is 11.1 Å². The van der Waals surface area contributed by atoms with Crippen LogP contribution in [0.1, 0.15) is 12.0 Å². The number of rotatable bonds is 5. The van der Waals surface area contributed by atoms with Crippen LogP contribution in [0, 0.1) is 0 Å². The van der Waals surface area contributed by atoms with Gasteiger partial charge in [0.2, 0.25) is 5.95 Å². The molecule has 1 aromatic carbocycles. The van der Waals surface area contributed by atoms with Gasteiger partial charge in [-0.15, -0.1) is 0 Å². The molecule has 0 spiro atoms. The Kier molecular flexibility index (Phi) is 5.53. The van der Waals surface area contributed by atoms with Crippen LogP contribution in [-0.2, 0) is 6.54 Å². The van der Waals surface area contributed by atoms with Gasteiger partial charge in [0.15, 0.2) is 5.82 Å². The number of halogens is 2. The number of benzene rings is 1. The summed E-state index contributed by atoms with van der Waals surface area (Å²) in [6, 6.07) is 5.32. The van der Waals surface area contributed by atoms with Gasteiger partial charge in [-0.1, -0.05) is 29.3 Å². The molecule has 0 radical (unpaired) electrons. The molecule has 1 amide bonds. The number of nitrogens with zero attached hydrogens (tertiary/aromatic N) is 3. The number of hydrogen-bond donors (Lipinski definition) is 4. The Bertz CT molecular complexity index is 819. The summed E-state index contributed by atoms with van der Waals surface area (Å²) in [4.78, 5) is 20.9. The van der Waals surface area contributed by atoms with Crippen LogP contribution in [0.3, 0.4) is 0 Å². The number of anilines is 3. The van der Waals surface area contributed by atoms with Crippen LogP contribution >= 0.6 is 23.2 Å². The van der Waals surface area contributed by atoms with E-state index in [4.69, 9.17) is 34.0 Å². The highest BCUT2D eigenvalue weighted by Gasteiger charge is 2.26. The molecule has 1 aromatic heterocycles. The molecule has 26 heavy (non-hydrogen) atoms. The smallest absolute Gasteiger partial charge is 0.407 e. The fourth-order valence-corrected chi connectivity index (χ4v) is 2.99. The summed E-state index contributed by atoms with van der Waals surface area (Å²) in [6.07, 6.45) is 1.28. The van der Waals surface area contributed by atoms with E-state index < -0.39 is 6.09 Å². The number of likely N-dealkylation sites (tertiary alicyclic amines) is 1. The number of carboxylic acid groups (broad SMARTS) is 1. The van der Waals surface area contributed by atoms with E-state index in [1.807, 2.05) is 6.07 Å². The number of hydrogen-bond acceptors (Lipinski definition) is 6. The Morgan fingerprint density at radius 1 is 1.38 bits per heavy atom. The maximum atomic E-state index is 11.0. The first-order valence-corrected chi connectivity index (χ1v) is 8.72. The van der Waals surface area contributed by atoms with Gasteiger partial charge in [0.05, 0.1) is 21.9 Å². The van der Waals surface area contributed by atoms with Crippen molar-refractivity contribution in [1.82, 2.24) is 14.9 Å². The fourth-order valence-electron chi connectivity index (χ4n) is 2.67. The Labute approximate surface area is 160 Å². The molecular weight excluding hydrogens is 379 g/mol. The van der Waals surface area contributed by atoms with Crippen LogP contribution in [0.5, 0.6) is 0 Å². The van der Waals surface area contributed by atoms with Gasteiger partial charge < -0.3 is 26.4 Å². The van der Waals surface area contributed by atoms with Gasteiger partial charge >= 0.3 is 6.09 Å². The zero-order valence-electron chi connectivity index (χ0n) is 13.7. The van der Waals surface area contributed by atoms with E-state index in [0.717, 1.165) is 5.56 Å². The third-order valence-corrected chi connectivity index (χ3v) is 4.79. The summed E-state index contributed by atoms with van der Waals surface area (Å²) in [5.41, 5.74) is 7.26. The molecule has 0 bridgehead atoms. The van der Waals surface area contributed by atoms with Crippen molar-refractivity contribution in [2.45, 2.75) is 19.0 Å².